The number of aromatic nitrogens is 4. The molecule has 0 aliphatic rings. The number of hydrogen-bond donors (Lipinski definition) is 1. The van der Waals surface area contributed by atoms with Gasteiger partial charge in [-0.3, -0.25) is 14.3 Å². The number of amides is 1. The van der Waals surface area contributed by atoms with Crippen LogP contribution in [-0.2, 0) is 4.79 Å². The molecule has 0 atom stereocenters. The Labute approximate surface area is 213 Å². The summed E-state index contributed by atoms with van der Waals surface area (Å²) in [6.07, 6.45) is 3.45. The van der Waals surface area contributed by atoms with Gasteiger partial charge in [0.25, 0.3) is 0 Å². The number of carbonyl (C=O) groups is 1. The third-order valence-corrected chi connectivity index (χ3v) is 6.43. The molecular weight excluding hydrogens is 470 g/mol. The molecular formula is C28H23N5O2S. The maximum atomic E-state index is 13.0. The van der Waals surface area contributed by atoms with Crippen LogP contribution < -0.4 is 10.1 Å². The maximum Gasteiger partial charge on any atom is 0.234 e. The van der Waals surface area contributed by atoms with Crippen LogP contribution in [0.3, 0.4) is 0 Å². The Morgan fingerprint density at radius 3 is 2.39 bits per heavy atom. The fourth-order valence-corrected chi connectivity index (χ4v) is 4.54. The number of carbonyl (C=O) groups excluding carboxylic acids is 1. The highest BCUT2D eigenvalue weighted by Gasteiger charge is 2.18. The highest BCUT2D eigenvalue weighted by Crippen LogP contribution is 2.30. The Morgan fingerprint density at radius 1 is 0.889 bits per heavy atom. The summed E-state index contributed by atoms with van der Waals surface area (Å²) in [5.74, 6) is 1.44. The smallest absolute Gasteiger partial charge is 0.234 e. The van der Waals surface area contributed by atoms with Crippen LogP contribution in [0.15, 0.2) is 109 Å². The Hall–Kier alpha value is -4.43. The van der Waals surface area contributed by atoms with Gasteiger partial charge in [0.05, 0.1) is 12.9 Å². The molecule has 3 aromatic carbocycles. The van der Waals surface area contributed by atoms with Crippen LogP contribution in [-0.4, -0.2) is 38.5 Å². The Kier molecular flexibility index (Phi) is 7.05. The van der Waals surface area contributed by atoms with Gasteiger partial charge >= 0.3 is 0 Å². The number of hydrogen-bond acceptors (Lipinski definition) is 6. The number of thioether (sulfide) groups is 1. The van der Waals surface area contributed by atoms with Crippen molar-refractivity contribution in [1.29, 1.82) is 0 Å². The number of pyridine rings is 1. The topological polar surface area (TPSA) is 81.9 Å². The number of para-hydroxylation sites is 1. The van der Waals surface area contributed by atoms with E-state index in [1.54, 1.807) is 19.5 Å². The van der Waals surface area contributed by atoms with E-state index in [2.05, 4.69) is 20.5 Å². The second-order valence-corrected chi connectivity index (χ2v) is 8.77. The second kappa shape index (κ2) is 10.9. The van der Waals surface area contributed by atoms with E-state index in [4.69, 9.17) is 4.74 Å². The summed E-state index contributed by atoms with van der Waals surface area (Å²) in [7, 11) is 1.63. The van der Waals surface area contributed by atoms with Crippen LogP contribution in [0.5, 0.6) is 5.75 Å². The predicted molar refractivity (Wildman–Crippen MR) is 142 cm³/mol. The van der Waals surface area contributed by atoms with Crippen LogP contribution in [0.4, 0.5) is 5.69 Å². The molecule has 0 unspecified atom stereocenters. The minimum Gasteiger partial charge on any atom is -0.497 e. The van der Waals surface area contributed by atoms with Crippen molar-refractivity contribution in [3.8, 4) is 34.0 Å². The van der Waals surface area contributed by atoms with Crippen molar-refractivity contribution in [3.63, 3.8) is 0 Å². The van der Waals surface area contributed by atoms with Crippen molar-refractivity contribution in [3.05, 3.63) is 103 Å². The van der Waals surface area contributed by atoms with Gasteiger partial charge in [0.1, 0.15) is 5.75 Å². The van der Waals surface area contributed by atoms with E-state index in [1.165, 1.54) is 11.8 Å². The molecule has 0 fully saturated rings. The molecule has 0 radical (unpaired) electrons. The predicted octanol–water partition coefficient (Wildman–Crippen LogP) is 5.74. The number of methoxy groups -OCH3 is 1. The molecule has 0 aliphatic carbocycles. The third kappa shape index (κ3) is 5.13. The fraction of sp³-hybridized carbons (Fsp3) is 0.0714. The van der Waals surface area contributed by atoms with E-state index in [0.29, 0.717) is 11.0 Å². The van der Waals surface area contributed by atoms with E-state index >= 15 is 0 Å². The molecule has 36 heavy (non-hydrogen) atoms. The lowest BCUT2D eigenvalue weighted by Crippen LogP contribution is -2.15. The van der Waals surface area contributed by atoms with Gasteiger partial charge in [-0.15, -0.1) is 10.2 Å². The van der Waals surface area contributed by atoms with E-state index in [9.17, 15) is 4.79 Å². The molecule has 5 aromatic rings. The zero-order valence-corrected chi connectivity index (χ0v) is 20.4. The summed E-state index contributed by atoms with van der Waals surface area (Å²) in [5, 5.41) is 12.5. The average Bonchev–Trinajstić information content (AvgIpc) is 3.37. The standard InChI is InChI=1S/C28H23N5O2S/c1-35-23-15-13-22(14-16-23)33-27(21-10-7-17-29-18-21)31-32-28(33)36-19-26(34)30-25-12-6-5-11-24(25)20-8-3-2-4-9-20/h2-18H,19H2,1H3,(H,30,34). The Morgan fingerprint density at radius 2 is 1.64 bits per heavy atom. The van der Waals surface area contributed by atoms with Gasteiger partial charge in [-0.25, -0.2) is 0 Å². The van der Waals surface area contributed by atoms with Gasteiger partial charge < -0.3 is 10.1 Å². The van der Waals surface area contributed by atoms with Gasteiger partial charge in [0.15, 0.2) is 11.0 Å². The first-order chi connectivity index (χ1) is 17.7. The van der Waals surface area contributed by atoms with Gasteiger partial charge in [0, 0.05) is 34.9 Å². The van der Waals surface area contributed by atoms with Crippen molar-refractivity contribution < 1.29 is 9.53 Å². The first kappa shape index (κ1) is 23.3. The molecule has 2 heterocycles. The SMILES string of the molecule is COc1ccc(-n2c(SCC(=O)Nc3ccccc3-c3ccccc3)nnc2-c2cccnc2)cc1. The lowest BCUT2D eigenvalue weighted by atomic mass is 10.0. The quantitative estimate of drug-likeness (QED) is 0.278. The van der Waals surface area contributed by atoms with E-state index < -0.39 is 0 Å². The number of benzene rings is 3. The first-order valence-corrected chi connectivity index (χ1v) is 12.3. The maximum absolute atomic E-state index is 13.0. The van der Waals surface area contributed by atoms with Crippen molar-refractivity contribution in [2.45, 2.75) is 5.16 Å². The van der Waals surface area contributed by atoms with Crippen LogP contribution >= 0.6 is 11.8 Å². The van der Waals surface area contributed by atoms with Crippen molar-refractivity contribution >= 4 is 23.4 Å². The van der Waals surface area contributed by atoms with Crippen LogP contribution in [0.25, 0.3) is 28.2 Å². The minimum absolute atomic E-state index is 0.129. The molecule has 1 N–H and O–H groups in total. The molecule has 8 heteroatoms. The number of anilines is 1. The van der Waals surface area contributed by atoms with E-state index in [1.807, 2.05) is 95.6 Å². The minimum atomic E-state index is -0.129. The fourth-order valence-electron chi connectivity index (χ4n) is 3.79. The third-order valence-electron chi connectivity index (χ3n) is 5.50. The lowest BCUT2D eigenvalue weighted by Gasteiger charge is -2.12. The summed E-state index contributed by atoms with van der Waals surface area (Å²) < 4.78 is 7.22. The number of nitrogens with one attached hydrogen (secondary N) is 1. The van der Waals surface area contributed by atoms with E-state index in [0.717, 1.165) is 33.8 Å². The van der Waals surface area contributed by atoms with Crippen molar-refractivity contribution in [2.24, 2.45) is 0 Å². The van der Waals surface area contributed by atoms with Gasteiger partial charge in [0.2, 0.25) is 5.91 Å². The monoisotopic (exact) mass is 493 g/mol. The normalized spacial score (nSPS) is 10.7. The number of nitrogens with zero attached hydrogens (tertiary/aromatic N) is 4. The summed E-state index contributed by atoms with van der Waals surface area (Å²) in [6, 6.07) is 29.2. The Balaban J connectivity index is 1.39. The molecule has 0 spiro atoms. The van der Waals surface area contributed by atoms with E-state index in [-0.39, 0.29) is 11.7 Å². The van der Waals surface area contributed by atoms with Gasteiger partial charge in [-0.1, -0.05) is 60.3 Å². The number of ether oxygens (including phenoxy) is 1. The highest BCUT2D eigenvalue weighted by atomic mass is 32.2. The summed E-state index contributed by atoms with van der Waals surface area (Å²) in [6.45, 7) is 0. The molecule has 0 saturated carbocycles. The van der Waals surface area contributed by atoms with Gasteiger partial charge in [-0.2, -0.15) is 0 Å². The molecule has 7 nitrogen and oxygen atoms in total. The van der Waals surface area contributed by atoms with Gasteiger partial charge in [-0.05, 0) is 48.0 Å². The zero-order chi connectivity index (χ0) is 24.7. The van der Waals surface area contributed by atoms with Crippen LogP contribution in [0.2, 0.25) is 0 Å². The summed E-state index contributed by atoms with van der Waals surface area (Å²) >= 11 is 1.32. The summed E-state index contributed by atoms with van der Waals surface area (Å²) in [5.41, 5.74) is 4.46. The Bertz CT molecular complexity index is 1450. The molecule has 0 bridgehead atoms. The summed E-state index contributed by atoms with van der Waals surface area (Å²) in [4.78, 5) is 17.2. The highest BCUT2D eigenvalue weighted by molar-refractivity contribution is 7.99. The first-order valence-electron chi connectivity index (χ1n) is 11.3. The molecule has 2 aromatic heterocycles. The van der Waals surface area contributed by atoms with Crippen LogP contribution in [0.1, 0.15) is 0 Å². The van der Waals surface area contributed by atoms with Crippen LogP contribution in [0, 0.1) is 0 Å². The lowest BCUT2D eigenvalue weighted by molar-refractivity contribution is -0.113. The second-order valence-electron chi connectivity index (χ2n) is 7.83. The molecule has 1 amide bonds. The molecule has 0 aliphatic heterocycles. The van der Waals surface area contributed by atoms with Crippen molar-refractivity contribution in [2.75, 3.05) is 18.2 Å². The average molecular weight is 494 g/mol. The molecule has 178 valence electrons. The zero-order valence-electron chi connectivity index (χ0n) is 19.5. The molecule has 5 rings (SSSR count). The van der Waals surface area contributed by atoms with Crippen molar-refractivity contribution in [1.82, 2.24) is 19.7 Å². The number of rotatable bonds is 8. The molecule has 0 saturated heterocycles. The largest absolute Gasteiger partial charge is 0.497 e.